The smallest absolute Gasteiger partial charge is 0.318 e. The van der Waals surface area contributed by atoms with E-state index < -0.39 is 0 Å². The Balaban J connectivity index is 1.78. The first-order valence-corrected chi connectivity index (χ1v) is 10.9. The van der Waals surface area contributed by atoms with Gasteiger partial charge >= 0.3 is 6.03 Å². The van der Waals surface area contributed by atoms with E-state index in [0.29, 0.717) is 16.6 Å². The number of hydrogen-bond donors (Lipinski definition) is 1. The summed E-state index contributed by atoms with van der Waals surface area (Å²) in [7, 11) is 2.13. The zero-order valence-corrected chi connectivity index (χ0v) is 18.8. The first kappa shape index (κ1) is 21.9. The highest BCUT2D eigenvalue weighted by Gasteiger charge is 2.28. The van der Waals surface area contributed by atoms with Gasteiger partial charge in [0.2, 0.25) is 0 Å². The topological polar surface area (TPSA) is 35.6 Å². The number of hydrogen-bond acceptors (Lipinski definition) is 2. The van der Waals surface area contributed by atoms with Crippen molar-refractivity contribution in [2.24, 2.45) is 0 Å². The van der Waals surface area contributed by atoms with Crippen molar-refractivity contribution in [3.8, 4) is 0 Å². The highest BCUT2D eigenvalue weighted by molar-refractivity contribution is 6.42. The largest absolute Gasteiger partial charge is 0.331 e. The second kappa shape index (κ2) is 9.84. The van der Waals surface area contributed by atoms with Gasteiger partial charge in [-0.05, 0) is 64.0 Å². The summed E-state index contributed by atoms with van der Waals surface area (Å²) in [5.74, 6) is 0. The molecule has 0 saturated carbocycles. The Morgan fingerprint density at radius 3 is 2.59 bits per heavy atom. The van der Waals surface area contributed by atoms with Crippen molar-refractivity contribution in [3.63, 3.8) is 0 Å². The van der Waals surface area contributed by atoms with Crippen molar-refractivity contribution in [2.45, 2.75) is 45.3 Å². The number of halogens is 2. The molecule has 1 aliphatic heterocycles. The van der Waals surface area contributed by atoms with E-state index in [1.165, 1.54) is 5.56 Å². The van der Waals surface area contributed by atoms with Crippen LogP contribution in [-0.2, 0) is 6.54 Å². The number of rotatable bonds is 5. The van der Waals surface area contributed by atoms with Crippen LogP contribution in [0.25, 0.3) is 0 Å². The number of urea groups is 1. The highest BCUT2D eigenvalue weighted by atomic mass is 35.5. The molecule has 2 aromatic carbocycles. The number of piperidine rings is 1. The second-order valence-corrected chi connectivity index (χ2v) is 8.75. The molecule has 1 N–H and O–H groups in total. The summed E-state index contributed by atoms with van der Waals surface area (Å²) in [5.41, 5.74) is 3.17. The molecule has 1 aliphatic rings. The van der Waals surface area contributed by atoms with Crippen molar-refractivity contribution in [2.75, 3.05) is 20.1 Å². The van der Waals surface area contributed by atoms with E-state index in [0.717, 1.165) is 37.1 Å². The van der Waals surface area contributed by atoms with Crippen LogP contribution in [0.3, 0.4) is 0 Å². The van der Waals surface area contributed by atoms with Crippen molar-refractivity contribution in [1.82, 2.24) is 15.1 Å². The molecule has 2 aromatic rings. The number of carbonyl (C=O) groups is 1. The molecule has 29 heavy (non-hydrogen) atoms. The molecule has 3 rings (SSSR count). The minimum atomic E-state index is -0.236. The molecule has 1 unspecified atom stereocenters. The summed E-state index contributed by atoms with van der Waals surface area (Å²) >= 11 is 12.5. The Labute approximate surface area is 183 Å². The van der Waals surface area contributed by atoms with Crippen LogP contribution in [0, 0.1) is 6.92 Å². The monoisotopic (exact) mass is 433 g/mol. The summed E-state index contributed by atoms with van der Waals surface area (Å²) in [6.45, 7) is 6.61. The van der Waals surface area contributed by atoms with Crippen molar-refractivity contribution in [1.29, 1.82) is 0 Å². The number of benzene rings is 2. The first-order valence-electron chi connectivity index (χ1n) is 10.1. The van der Waals surface area contributed by atoms with E-state index in [4.69, 9.17) is 23.2 Å². The summed E-state index contributed by atoms with van der Waals surface area (Å²) < 4.78 is 0. The number of amides is 2. The van der Waals surface area contributed by atoms with Crippen molar-refractivity contribution >= 4 is 29.2 Å². The molecule has 1 saturated heterocycles. The zero-order chi connectivity index (χ0) is 21.0. The third kappa shape index (κ3) is 5.65. The van der Waals surface area contributed by atoms with Gasteiger partial charge in [0.05, 0.1) is 16.1 Å². The van der Waals surface area contributed by atoms with Gasteiger partial charge in [-0.25, -0.2) is 4.79 Å². The lowest BCUT2D eigenvalue weighted by Gasteiger charge is -2.38. The van der Waals surface area contributed by atoms with E-state index >= 15 is 0 Å². The summed E-state index contributed by atoms with van der Waals surface area (Å²) in [6, 6.07) is 13.8. The summed E-state index contributed by atoms with van der Waals surface area (Å²) in [6.07, 6.45) is 1.95. The van der Waals surface area contributed by atoms with Gasteiger partial charge in [-0.2, -0.15) is 0 Å². The molecule has 1 heterocycles. The third-order valence-corrected chi connectivity index (χ3v) is 6.45. The Hall–Kier alpha value is -1.75. The maximum absolute atomic E-state index is 13.3. The maximum Gasteiger partial charge on any atom is 0.318 e. The zero-order valence-electron chi connectivity index (χ0n) is 17.3. The predicted molar refractivity (Wildman–Crippen MR) is 121 cm³/mol. The van der Waals surface area contributed by atoms with Crippen molar-refractivity contribution in [3.05, 3.63) is 69.2 Å². The summed E-state index contributed by atoms with van der Waals surface area (Å²) in [5, 5.41) is 4.13. The Morgan fingerprint density at radius 2 is 1.90 bits per heavy atom. The molecule has 4 nitrogen and oxygen atoms in total. The van der Waals surface area contributed by atoms with Crippen LogP contribution in [0.4, 0.5) is 4.79 Å². The highest BCUT2D eigenvalue weighted by Crippen LogP contribution is 2.30. The van der Waals surface area contributed by atoms with Gasteiger partial charge in [0, 0.05) is 12.6 Å². The molecule has 0 radical (unpaired) electrons. The molecule has 0 spiro atoms. The van der Waals surface area contributed by atoms with Gasteiger partial charge in [-0.15, -0.1) is 0 Å². The molecule has 0 bridgehead atoms. The van der Waals surface area contributed by atoms with Gasteiger partial charge in [0.15, 0.2) is 0 Å². The van der Waals surface area contributed by atoms with Gasteiger partial charge in [0.25, 0.3) is 0 Å². The lowest BCUT2D eigenvalue weighted by atomic mass is 10.0. The Kier molecular flexibility index (Phi) is 7.44. The van der Waals surface area contributed by atoms with Crippen LogP contribution in [-0.4, -0.2) is 42.0 Å². The van der Waals surface area contributed by atoms with Crippen LogP contribution < -0.4 is 5.32 Å². The van der Waals surface area contributed by atoms with Gasteiger partial charge in [-0.1, -0.05) is 65.2 Å². The molecule has 6 heteroatoms. The average molecular weight is 434 g/mol. The van der Waals surface area contributed by atoms with Gasteiger partial charge < -0.3 is 15.1 Å². The molecule has 156 valence electrons. The van der Waals surface area contributed by atoms with Crippen LogP contribution in [0.2, 0.25) is 10.0 Å². The molecule has 0 aromatic heterocycles. The SMILES string of the molecule is Cc1cccc(CN(C(=O)NC(C)c2cccc(Cl)c2Cl)C2CCN(C)CC2)c1. The van der Waals surface area contributed by atoms with E-state index in [1.807, 2.05) is 30.0 Å². The number of nitrogens with one attached hydrogen (secondary N) is 1. The van der Waals surface area contributed by atoms with Gasteiger partial charge in [0.1, 0.15) is 0 Å². The second-order valence-electron chi connectivity index (χ2n) is 7.97. The molecule has 0 aliphatic carbocycles. The first-order chi connectivity index (χ1) is 13.8. The fraction of sp³-hybridized carbons (Fsp3) is 0.435. The minimum Gasteiger partial charge on any atom is -0.331 e. The number of likely N-dealkylation sites (tertiary alicyclic amines) is 1. The normalized spacial score (nSPS) is 16.4. The Morgan fingerprint density at radius 1 is 1.21 bits per heavy atom. The minimum absolute atomic E-state index is 0.0652. The van der Waals surface area contributed by atoms with Crippen LogP contribution in [0.15, 0.2) is 42.5 Å². The average Bonchev–Trinajstić information content (AvgIpc) is 2.69. The third-order valence-electron chi connectivity index (χ3n) is 5.61. The lowest BCUT2D eigenvalue weighted by Crippen LogP contribution is -2.50. The van der Waals surface area contributed by atoms with Crippen LogP contribution in [0.5, 0.6) is 0 Å². The van der Waals surface area contributed by atoms with Crippen LogP contribution in [0.1, 0.15) is 42.5 Å². The number of aryl methyl sites for hydroxylation is 1. The van der Waals surface area contributed by atoms with E-state index in [2.05, 4.69) is 42.4 Å². The van der Waals surface area contributed by atoms with E-state index in [-0.39, 0.29) is 18.1 Å². The van der Waals surface area contributed by atoms with Crippen LogP contribution >= 0.6 is 23.2 Å². The van der Waals surface area contributed by atoms with Gasteiger partial charge in [-0.3, -0.25) is 0 Å². The van der Waals surface area contributed by atoms with E-state index in [1.54, 1.807) is 6.07 Å². The molecule has 1 fully saturated rings. The number of carbonyl (C=O) groups excluding carboxylic acids is 1. The molecule has 2 amide bonds. The predicted octanol–water partition coefficient (Wildman–Crippen LogP) is 5.67. The summed E-state index contributed by atoms with van der Waals surface area (Å²) in [4.78, 5) is 17.6. The van der Waals surface area contributed by atoms with E-state index in [9.17, 15) is 4.79 Å². The standard InChI is InChI=1S/C23H29Cl2N3O/c1-16-6-4-7-18(14-16)15-28(19-10-12-27(3)13-11-19)23(29)26-17(2)20-8-5-9-21(24)22(20)25/h4-9,14,17,19H,10-13,15H2,1-3H3,(H,26,29). The maximum atomic E-state index is 13.3. The van der Waals surface area contributed by atoms with Crippen molar-refractivity contribution < 1.29 is 4.79 Å². The molecule has 1 atom stereocenters. The fourth-order valence-electron chi connectivity index (χ4n) is 3.88. The molecular formula is C23H29Cl2N3O. The quantitative estimate of drug-likeness (QED) is 0.658. The fourth-order valence-corrected chi connectivity index (χ4v) is 4.35. The Bertz CT molecular complexity index is 850. The molecular weight excluding hydrogens is 405 g/mol. The lowest BCUT2D eigenvalue weighted by molar-refractivity contribution is 0.125. The number of nitrogens with zero attached hydrogens (tertiary/aromatic N) is 2.